The van der Waals surface area contributed by atoms with Crippen molar-refractivity contribution < 1.29 is 14.5 Å². The van der Waals surface area contributed by atoms with Crippen LogP contribution in [0, 0.1) is 17.0 Å². The molecule has 1 rings (SSSR count). The molecule has 0 aliphatic rings. The van der Waals surface area contributed by atoms with Crippen molar-refractivity contribution in [3.05, 3.63) is 33.9 Å². The number of carbonyl (C=O) groups excluding carboxylic acids is 1. The predicted molar refractivity (Wildman–Crippen MR) is 67.6 cm³/mol. The molecule has 0 heterocycles. The standard InChI is InChI=1S/C12H16N2O4/c1-4-18-12(15)9(3)13-10-5-6-11(14(16)17)8(2)7-10/h5-7,9,13H,4H2,1-3H3. The SMILES string of the molecule is CCOC(=O)C(C)Nc1ccc([N+](=O)[O-])c(C)c1. The molecule has 0 bridgehead atoms. The molecule has 0 fully saturated rings. The molecule has 98 valence electrons. The van der Waals surface area contributed by atoms with E-state index < -0.39 is 11.0 Å². The van der Waals surface area contributed by atoms with Crippen molar-refractivity contribution >= 4 is 17.3 Å². The van der Waals surface area contributed by atoms with E-state index in [0.29, 0.717) is 17.9 Å². The van der Waals surface area contributed by atoms with Crippen molar-refractivity contribution in [2.24, 2.45) is 0 Å². The number of nitro groups is 1. The van der Waals surface area contributed by atoms with Gasteiger partial charge in [-0.25, -0.2) is 4.79 Å². The second kappa shape index (κ2) is 6.00. The second-order valence-corrected chi connectivity index (χ2v) is 3.88. The molecule has 0 saturated carbocycles. The minimum absolute atomic E-state index is 0.0596. The van der Waals surface area contributed by atoms with E-state index in [4.69, 9.17) is 4.74 Å². The van der Waals surface area contributed by atoms with Crippen LogP contribution >= 0.6 is 0 Å². The highest BCUT2D eigenvalue weighted by Crippen LogP contribution is 2.22. The van der Waals surface area contributed by atoms with Crippen LogP contribution < -0.4 is 5.32 Å². The third kappa shape index (κ3) is 3.44. The summed E-state index contributed by atoms with van der Waals surface area (Å²) in [5.74, 6) is -0.353. The highest BCUT2D eigenvalue weighted by molar-refractivity contribution is 5.79. The number of carbonyl (C=O) groups is 1. The number of nitrogens with one attached hydrogen (secondary N) is 1. The van der Waals surface area contributed by atoms with Crippen molar-refractivity contribution in [3.63, 3.8) is 0 Å². The van der Waals surface area contributed by atoms with Crippen LogP contribution in [0.1, 0.15) is 19.4 Å². The number of nitro benzene ring substituents is 1. The molecular formula is C12H16N2O4. The summed E-state index contributed by atoms with van der Waals surface area (Å²) in [5, 5.41) is 13.6. The number of ether oxygens (including phenoxy) is 1. The molecule has 1 atom stereocenters. The van der Waals surface area contributed by atoms with Crippen LogP contribution in [0.3, 0.4) is 0 Å². The first-order valence-electron chi connectivity index (χ1n) is 5.64. The van der Waals surface area contributed by atoms with E-state index in [9.17, 15) is 14.9 Å². The monoisotopic (exact) mass is 252 g/mol. The molecule has 18 heavy (non-hydrogen) atoms. The zero-order chi connectivity index (χ0) is 13.7. The predicted octanol–water partition coefficient (Wildman–Crippen LogP) is 2.27. The van der Waals surface area contributed by atoms with E-state index in [2.05, 4.69) is 5.32 Å². The number of nitrogens with zero attached hydrogens (tertiary/aromatic N) is 1. The van der Waals surface area contributed by atoms with Gasteiger partial charge in [-0.1, -0.05) is 0 Å². The van der Waals surface area contributed by atoms with Gasteiger partial charge in [-0.3, -0.25) is 10.1 Å². The molecule has 6 nitrogen and oxygen atoms in total. The highest BCUT2D eigenvalue weighted by atomic mass is 16.6. The fourth-order valence-electron chi connectivity index (χ4n) is 1.53. The summed E-state index contributed by atoms with van der Waals surface area (Å²) >= 11 is 0. The van der Waals surface area contributed by atoms with Gasteiger partial charge in [0, 0.05) is 17.3 Å². The van der Waals surface area contributed by atoms with Gasteiger partial charge in [-0.15, -0.1) is 0 Å². The van der Waals surface area contributed by atoms with E-state index in [0.717, 1.165) is 0 Å². The summed E-state index contributed by atoms with van der Waals surface area (Å²) < 4.78 is 4.86. The molecule has 0 amide bonds. The van der Waals surface area contributed by atoms with Crippen LogP contribution in [0.2, 0.25) is 0 Å². The van der Waals surface area contributed by atoms with Crippen LogP contribution in [0.25, 0.3) is 0 Å². The van der Waals surface area contributed by atoms with Crippen LogP contribution in [0.15, 0.2) is 18.2 Å². The van der Waals surface area contributed by atoms with Crippen LogP contribution in [0.4, 0.5) is 11.4 Å². The minimum atomic E-state index is -0.495. The normalized spacial score (nSPS) is 11.7. The molecule has 0 aromatic heterocycles. The summed E-state index contributed by atoms with van der Waals surface area (Å²) in [7, 11) is 0. The average molecular weight is 252 g/mol. The van der Waals surface area contributed by atoms with Crippen molar-refractivity contribution in [2.45, 2.75) is 26.8 Å². The van der Waals surface area contributed by atoms with Gasteiger partial charge in [-0.2, -0.15) is 0 Å². The first-order chi connectivity index (χ1) is 8.45. The third-order valence-corrected chi connectivity index (χ3v) is 2.42. The van der Waals surface area contributed by atoms with Crippen LogP contribution in [0.5, 0.6) is 0 Å². The van der Waals surface area contributed by atoms with Gasteiger partial charge in [0.15, 0.2) is 0 Å². The average Bonchev–Trinajstić information content (AvgIpc) is 2.28. The highest BCUT2D eigenvalue weighted by Gasteiger charge is 2.15. The Morgan fingerprint density at radius 3 is 2.72 bits per heavy atom. The summed E-state index contributed by atoms with van der Waals surface area (Å²) in [6.45, 7) is 5.39. The lowest BCUT2D eigenvalue weighted by Gasteiger charge is -2.14. The molecule has 1 aromatic rings. The number of aryl methyl sites for hydroxylation is 1. The second-order valence-electron chi connectivity index (χ2n) is 3.88. The Morgan fingerprint density at radius 2 is 2.22 bits per heavy atom. The van der Waals surface area contributed by atoms with E-state index in [1.54, 1.807) is 32.9 Å². The summed E-state index contributed by atoms with van der Waals surface area (Å²) in [6.07, 6.45) is 0. The quantitative estimate of drug-likeness (QED) is 0.494. The Bertz CT molecular complexity index is 459. The number of anilines is 1. The maximum absolute atomic E-state index is 11.4. The molecule has 0 radical (unpaired) electrons. The topological polar surface area (TPSA) is 81.5 Å². The largest absolute Gasteiger partial charge is 0.464 e. The van der Waals surface area contributed by atoms with E-state index in [1.807, 2.05) is 0 Å². The fourth-order valence-corrected chi connectivity index (χ4v) is 1.53. The van der Waals surface area contributed by atoms with Gasteiger partial charge in [0.2, 0.25) is 0 Å². The summed E-state index contributed by atoms with van der Waals surface area (Å²) in [4.78, 5) is 21.6. The third-order valence-electron chi connectivity index (χ3n) is 2.42. The molecule has 1 N–H and O–H groups in total. The molecule has 1 aromatic carbocycles. The first kappa shape index (κ1) is 14.0. The van der Waals surface area contributed by atoms with Crippen LogP contribution in [-0.4, -0.2) is 23.5 Å². The molecule has 6 heteroatoms. The molecule has 0 spiro atoms. The van der Waals surface area contributed by atoms with Crippen molar-refractivity contribution in [2.75, 3.05) is 11.9 Å². The van der Waals surface area contributed by atoms with Gasteiger partial charge in [0.25, 0.3) is 5.69 Å². The van der Waals surface area contributed by atoms with Crippen molar-refractivity contribution in [1.29, 1.82) is 0 Å². The molecule has 0 saturated heterocycles. The smallest absolute Gasteiger partial charge is 0.328 e. The summed E-state index contributed by atoms with van der Waals surface area (Å²) in [6, 6.07) is 4.12. The number of hydrogen-bond acceptors (Lipinski definition) is 5. The van der Waals surface area contributed by atoms with Gasteiger partial charge < -0.3 is 10.1 Å². The van der Waals surface area contributed by atoms with Gasteiger partial charge in [-0.05, 0) is 32.9 Å². The fraction of sp³-hybridized carbons (Fsp3) is 0.417. The Hall–Kier alpha value is -2.11. The van der Waals surface area contributed by atoms with Crippen molar-refractivity contribution in [3.8, 4) is 0 Å². The number of rotatable bonds is 5. The lowest BCUT2D eigenvalue weighted by molar-refractivity contribution is -0.385. The number of hydrogen-bond donors (Lipinski definition) is 1. The Labute approximate surface area is 105 Å². The maximum Gasteiger partial charge on any atom is 0.328 e. The number of esters is 1. The van der Waals surface area contributed by atoms with Crippen LogP contribution in [-0.2, 0) is 9.53 Å². The lowest BCUT2D eigenvalue weighted by atomic mass is 10.1. The van der Waals surface area contributed by atoms with E-state index in [-0.39, 0.29) is 11.7 Å². The minimum Gasteiger partial charge on any atom is -0.464 e. The van der Waals surface area contributed by atoms with Gasteiger partial charge >= 0.3 is 5.97 Å². The Kier molecular flexibility index (Phi) is 4.65. The number of benzene rings is 1. The zero-order valence-corrected chi connectivity index (χ0v) is 10.6. The van der Waals surface area contributed by atoms with Gasteiger partial charge in [0.1, 0.15) is 6.04 Å². The molecule has 0 aliphatic carbocycles. The molecule has 1 unspecified atom stereocenters. The van der Waals surface area contributed by atoms with Crippen molar-refractivity contribution in [1.82, 2.24) is 0 Å². The first-order valence-corrected chi connectivity index (χ1v) is 5.64. The van der Waals surface area contributed by atoms with E-state index >= 15 is 0 Å². The lowest BCUT2D eigenvalue weighted by Crippen LogP contribution is -2.28. The van der Waals surface area contributed by atoms with Gasteiger partial charge in [0.05, 0.1) is 11.5 Å². The van der Waals surface area contributed by atoms with E-state index in [1.165, 1.54) is 6.07 Å². The zero-order valence-electron chi connectivity index (χ0n) is 10.6. The molecule has 0 aliphatic heterocycles. The summed E-state index contributed by atoms with van der Waals surface area (Å²) in [5.41, 5.74) is 1.25. The Morgan fingerprint density at radius 1 is 1.56 bits per heavy atom. The molecular weight excluding hydrogens is 236 g/mol. The maximum atomic E-state index is 11.4. The Balaban J connectivity index is 2.77.